The van der Waals surface area contributed by atoms with Gasteiger partial charge in [-0.3, -0.25) is 4.79 Å². The molecule has 2 saturated heterocycles. The minimum Gasteiger partial charge on any atom is -0.352 e. The van der Waals surface area contributed by atoms with E-state index < -0.39 is 9.84 Å². The Labute approximate surface area is 123 Å². The van der Waals surface area contributed by atoms with Crippen LogP contribution in [-0.4, -0.2) is 42.9 Å². The summed E-state index contributed by atoms with van der Waals surface area (Å²) in [5.74, 6) is 1.60. The van der Waals surface area contributed by atoms with Gasteiger partial charge in [0.15, 0.2) is 9.84 Å². The Morgan fingerprint density at radius 2 is 2.11 bits per heavy atom. The number of hydrogen-bond acceptors (Lipinski definition) is 5. The molecule has 2 aliphatic rings. The van der Waals surface area contributed by atoms with E-state index in [0.717, 1.165) is 18.1 Å². The topological polar surface area (TPSA) is 63.2 Å². The summed E-state index contributed by atoms with van der Waals surface area (Å²) in [7, 11) is 1.03. The van der Waals surface area contributed by atoms with E-state index in [1.54, 1.807) is 0 Å². The molecular formula is C12H21NO3S3. The number of hydrogen-bond donors (Lipinski definition) is 1. The molecule has 0 aromatic rings. The summed E-state index contributed by atoms with van der Waals surface area (Å²) >= 11 is 0. The van der Waals surface area contributed by atoms with Crippen molar-refractivity contribution in [2.45, 2.75) is 49.8 Å². The van der Waals surface area contributed by atoms with Gasteiger partial charge < -0.3 is 5.32 Å². The van der Waals surface area contributed by atoms with E-state index in [-0.39, 0.29) is 23.5 Å². The number of nitrogens with one attached hydrogen (secondary N) is 1. The molecule has 110 valence electrons. The fourth-order valence-electron chi connectivity index (χ4n) is 2.43. The lowest BCUT2D eigenvalue weighted by Crippen LogP contribution is -2.35. The first-order valence-electron chi connectivity index (χ1n) is 6.83. The number of sulfone groups is 1. The van der Waals surface area contributed by atoms with Crippen molar-refractivity contribution < 1.29 is 13.2 Å². The minimum atomic E-state index is -2.90. The molecule has 2 atom stereocenters. The second-order valence-corrected chi connectivity index (χ2v) is 10.3. The highest BCUT2D eigenvalue weighted by atomic mass is 33.1. The van der Waals surface area contributed by atoms with Gasteiger partial charge in [0, 0.05) is 23.5 Å². The smallest absolute Gasteiger partial charge is 0.220 e. The lowest BCUT2D eigenvalue weighted by Gasteiger charge is -2.11. The summed E-state index contributed by atoms with van der Waals surface area (Å²) < 4.78 is 22.5. The third-order valence-electron chi connectivity index (χ3n) is 3.50. The molecule has 1 N–H and O–H groups in total. The number of carbonyl (C=O) groups excluding carboxylic acids is 1. The monoisotopic (exact) mass is 323 g/mol. The second kappa shape index (κ2) is 7.22. The average molecular weight is 324 g/mol. The van der Waals surface area contributed by atoms with Crippen molar-refractivity contribution in [2.75, 3.05) is 17.3 Å². The van der Waals surface area contributed by atoms with E-state index in [1.165, 1.54) is 18.6 Å². The largest absolute Gasteiger partial charge is 0.352 e. The van der Waals surface area contributed by atoms with Gasteiger partial charge in [0.25, 0.3) is 0 Å². The number of amides is 1. The van der Waals surface area contributed by atoms with Crippen molar-refractivity contribution in [3.63, 3.8) is 0 Å². The van der Waals surface area contributed by atoms with Crippen molar-refractivity contribution in [1.29, 1.82) is 0 Å². The molecule has 1 amide bonds. The average Bonchev–Trinajstić information content (AvgIpc) is 2.94. The van der Waals surface area contributed by atoms with Crippen molar-refractivity contribution in [1.82, 2.24) is 5.32 Å². The maximum absolute atomic E-state index is 11.7. The van der Waals surface area contributed by atoms with Gasteiger partial charge in [0.05, 0.1) is 11.5 Å². The van der Waals surface area contributed by atoms with E-state index in [0.29, 0.717) is 12.8 Å². The van der Waals surface area contributed by atoms with Crippen molar-refractivity contribution >= 4 is 37.3 Å². The fraction of sp³-hybridized carbons (Fsp3) is 0.917. The quantitative estimate of drug-likeness (QED) is 0.598. The van der Waals surface area contributed by atoms with Gasteiger partial charge in [0.2, 0.25) is 5.91 Å². The van der Waals surface area contributed by atoms with Gasteiger partial charge in [-0.05, 0) is 25.7 Å². The Morgan fingerprint density at radius 3 is 2.74 bits per heavy atom. The lowest BCUT2D eigenvalue weighted by molar-refractivity contribution is -0.121. The van der Waals surface area contributed by atoms with Gasteiger partial charge in [0.1, 0.15) is 0 Å². The summed E-state index contributed by atoms with van der Waals surface area (Å²) in [6.07, 6.45) is 5.59. The first-order valence-corrected chi connectivity index (χ1v) is 11.0. The van der Waals surface area contributed by atoms with Crippen LogP contribution in [0.2, 0.25) is 0 Å². The Morgan fingerprint density at radius 1 is 1.26 bits per heavy atom. The van der Waals surface area contributed by atoms with Crippen molar-refractivity contribution in [2.24, 2.45) is 0 Å². The molecule has 4 nitrogen and oxygen atoms in total. The highest BCUT2D eigenvalue weighted by molar-refractivity contribution is 8.77. The van der Waals surface area contributed by atoms with E-state index in [9.17, 15) is 13.2 Å². The van der Waals surface area contributed by atoms with Gasteiger partial charge in [-0.2, -0.15) is 0 Å². The Kier molecular flexibility index (Phi) is 5.89. The molecular weight excluding hydrogens is 302 g/mol. The van der Waals surface area contributed by atoms with Crippen LogP contribution >= 0.6 is 21.6 Å². The van der Waals surface area contributed by atoms with Crippen LogP contribution in [0.4, 0.5) is 0 Å². The van der Waals surface area contributed by atoms with Gasteiger partial charge >= 0.3 is 0 Å². The highest BCUT2D eigenvalue weighted by Crippen LogP contribution is 2.39. The molecule has 19 heavy (non-hydrogen) atoms. The number of unbranched alkanes of at least 4 members (excludes halogenated alkanes) is 1. The standard InChI is InChI=1S/C12H21NO3S3/c14-12(13-10-6-8-19(15,16)9-10)4-2-1-3-11-5-7-17-18-11/h10-11H,1-9H2,(H,13,14)/t10-,11+/m1/s1. The zero-order chi connectivity index (χ0) is 13.7. The van der Waals surface area contributed by atoms with Crippen LogP contribution < -0.4 is 5.32 Å². The normalized spacial score (nSPS) is 29.5. The first kappa shape index (κ1) is 15.5. The SMILES string of the molecule is O=C(CCCC[C@H]1CCSS1)N[C@@H]1CCS(=O)(=O)C1. The van der Waals surface area contributed by atoms with E-state index in [2.05, 4.69) is 5.32 Å². The predicted molar refractivity (Wildman–Crippen MR) is 82.1 cm³/mol. The molecule has 0 aromatic carbocycles. The molecule has 0 radical (unpaired) electrons. The molecule has 0 spiro atoms. The van der Waals surface area contributed by atoms with Crippen LogP contribution in [0.5, 0.6) is 0 Å². The molecule has 0 saturated carbocycles. The van der Waals surface area contributed by atoms with Crippen molar-refractivity contribution in [3.05, 3.63) is 0 Å². The van der Waals surface area contributed by atoms with Gasteiger partial charge in [-0.25, -0.2) is 8.42 Å². The van der Waals surface area contributed by atoms with Crippen molar-refractivity contribution in [3.8, 4) is 0 Å². The molecule has 0 aliphatic carbocycles. The highest BCUT2D eigenvalue weighted by Gasteiger charge is 2.28. The summed E-state index contributed by atoms with van der Waals surface area (Å²) in [5.41, 5.74) is 0. The Hall–Kier alpha value is 0.120. The molecule has 0 unspecified atom stereocenters. The molecule has 0 aromatic heterocycles. The minimum absolute atomic E-state index is 0.00977. The van der Waals surface area contributed by atoms with Crippen LogP contribution in [0.15, 0.2) is 0 Å². The van der Waals surface area contributed by atoms with E-state index in [1.807, 2.05) is 21.6 Å². The maximum atomic E-state index is 11.7. The van der Waals surface area contributed by atoms with Crippen LogP contribution in [0.3, 0.4) is 0 Å². The fourth-order valence-corrected chi connectivity index (χ4v) is 7.13. The third kappa shape index (κ3) is 5.55. The molecule has 2 aliphatic heterocycles. The predicted octanol–water partition coefficient (Wildman–Crippen LogP) is 2.00. The summed E-state index contributed by atoms with van der Waals surface area (Å²) in [6.45, 7) is 0. The number of rotatable bonds is 6. The molecule has 2 fully saturated rings. The maximum Gasteiger partial charge on any atom is 0.220 e. The summed E-state index contributed by atoms with van der Waals surface area (Å²) in [6, 6.07) is -0.153. The molecule has 7 heteroatoms. The van der Waals surface area contributed by atoms with Gasteiger partial charge in [-0.15, -0.1) is 0 Å². The third-order valence-corrected chi connectivity index (χ3v) is 8.28. The Balaban J connectivity index is 1.55. The van der Waals surface area contributed by atoms with E-state index in [4.69, 9.17) is 0 Å². The zero-order valence-electron chi connectivity index (χ0n) is 11.0. The van der Waals surface area contributed by atoms with Crippen LogP contribution in [0.25, 0.3) is 0 Å². The second-order valence-electron chi connectivity index (χ2n) is 5.24. The van der Waals surface area contributed by atoms with E-state index >= 15 is 0 Å². The zero-order valence-corrected chi connectivity index (χ0v) is 13.4. The Bertz CT molecular complexity index is 404. The molecule has 2 heterocycles. The van der Waals surface area contributed by atoms with Crippen LogP contribution in [-0.2, 0) is 14.6 Å². The molecule has 0 bridgehead atoms. The molecule has 2 rings (SSSR count). The number of carbonyl (C=O) groups is 1. The van der Waals surface area contributed by atoms with Gasteiger partial charge in [-0.1, -0.05) is 28.0 Å². The lowest BCUT2D eigenvalue weighted by atomic mass is 10.1. The summed E-state index contributed by atoms with van der Waals surface area (Å²) in [4.78, 5) is 11.7. The summed E-state index contributed by atoms with van der Waals surface area (Å²) in [5, 5.41) is 3.61. The van der Waals surface area contributed by atoms with Crippen LogP contribution in [0.1, 0.15) is 38.5 Å². The van der Waals surface area contributed by atoms with Crippen LogP contribution in [0, 0.1) is 0 Å². The first-order chi connectivity index (χ1) is 9.05.